The van der Waals surface area contributed by atoms with Gasteiger partial charge in [-0.15, -0.1) is 0 Å². The van der Waals surface area contributed by atoms with Crippen LogP contribution in [0.3, 0.4) is 0 Å². The van der Waals surface area contributed by atoms with Gasteiger partial charge in [-0.1, -0.05) is 0 Å². The van der Waals surface area contributed by atoms with Crippen molar-refractivity contribution < 1.29 is 24.2 Å². The molecule has 0 atom stereocenters. The lowest BCUT2D eigenvalue weighted by molar-refractivity contribution is -0.121. The summed E-state index contributed by atoms with van der Waals surface area (Å²) < 4.78 is 11.5. The van der Waals surface area contributed by atoms with Gasteiger partial charge in [0.2, 0.25) is 0 Å². The van der Waals surface area contributed by atoms with Gasteiger partial charge in [-0.2, -0.15) is 5.10 Å². The molecule has 112 valence electrons. The Balaban J connectivity index is 2.69. The van der Waals surface area contributed by atoms with Crippen molar-refractivity contribution in [2.45, 2.75) is 6.54 Å². The molecule has 2 rings (SSSR count). The van der Waals surface area contributed by atoms with E-state index < -0.39 is 11.9 Å². The Morgan fingerprint density at radius 1 is 1.33 bits per heavy atom. The van der Waals surface area contributed by atoms with Gasteiger partial charge in [-0.3, -0.25) is 14.9 Å². The molecule has 9 heteroatoms. The van der Waals surface area contributed by atoms with Crippen molar-refractivity contribution in [3.05, 3.63) is 17.8 Å². The molecule has 0 fully saturated rings. The molecule has 1 aromatic carbocycles. The molecule has 9 nitrogen and oxygen atoms in total. The molecule has 0 unspecified atom stereocenters. The number of hydrogen-bond donors (Lipinski definition) is 3. The van der Waals surface area contributed by atoms with E-state index in [1.807, 2.05) is 5.43 Å². The van der Waals surface area contributed by atoms with Gasteiger partial charge in [0.1, 0.15) is 6.54 Å². The first-order valence-corrected chi connectivity index (χ1v) is 5.87. The number of nitrogens with two attached hydrogens (primary N) is 1. The topological polar surface area (TPSA) is 129 Å². The van der Waals surface area contributed by atoms with Gasteiger partial charge in [-0.25, -0.2) is 10.6 Å². The highest BCUT2D eigenvalue weighted by Crippen LogP contribution is 2.33. The maximum Gasteiger partial charge on any atom is 0.357 e. The summed E-state index contributed by atoms with van der Waals surface area (Å²) in [6.07, 6.45) is 0. The molecule has 0 aliphatic heterocycles. The number of hydrazine groups is 1. The second-order valence-corrected chi connectivity index (χ2v) is 4.10. The van der Waals surface area contributed by atoms with E-state index in [1.165, 1.54) is 25.0 Å². The van der Waals surface area contributed by atoms with E-state index in [9.17, 15) is 14.7 Å². The number of hydrogen-bond acceptors (Lipinski definition) is 6. The molecule has 0 bridgehead atoms. The molecule has 0 radical (unpaired) electrons. The van der Waals surface area contributed by atoms with Gasteiger partial charge in [0, 0.05) is 11.5 Å². The quantitative estimate of drug-likeness (QED) is 0.393. The lowest BCUT2D eigenvalue weighted by atomic mass is 10.2. The maximum atomic E-state index is 11.4. The molecule has 0 aliphatic carbocycles. The third kappa shape index (κ3) is 2.58. The van der Waals surface area contributed by atoms with E-state index in [1.54, 1.807) is 6.07 Å². The van der Waals surface area contributed by atoms with E-state index in [-0.39, 0.29) is 12.2 Å². The Hall–Kier alpha value is -2.81. The largest absolute Gasteiger partial charge is 0.493 e. The van der Waals surface area contributed by atoms with Crippen LogP contribution in [-0.2, 0) is 11.3 Å². The fourth-order valence-electron chi connectivity index (χ4n) is 1.96. The maximum absolute atomic E-state index is 11.4. The molecule has 1 amide bonds. The highest BCUT2D eigenvalue weighted by atomic mass is 16.5. The summed E-state index contributed by atoms with van der Waals surface area (Å²) in [5.74, 6) is 4.08. The average Bonchev–Trinajstić information content (AvgIpc) is 2.83. The first-order chi connectivity index (χ1) is 10.0. The normalized spacial score (nSPS) is 10.4. The second-order valence-electron chi connectivity index (χ2n) is 4.10. The standard InChI is InChI=1S/C12H14N4O5/c1-20-8-3-6-7(4-9(8)21-2)16(5-10(17)14-13)15-11(6)12(18)19/h3-4H,5,13H2,1-2H3,(H,14,17)(H,18,19). The second kappa shape index (κ2) is 5.67. The van der Waals surface area contributed by atoms with Crippen LogP contribution in [0.4, 0.5) is 0 Å². The minimum absolute atomic E-state index is 0.184. The van der Waals surface area contributed by atoms with Crippen molar-refractivity contribution in [3.63, 3.8) is 0 Å². The van der Waals surface area contributed by atoms with Crippen LogP contribution >= 0.6 is 0 Å². The lowest BCUT2D eigenvalue weighted by Gasteiger charge is -2.08. The molecule has 0 saturated heterocycles. The predicted octanol–water partition coefficient (Wildman–Crippen LogP) is -0.258. The number of methoxy groups -OCH3 is 2. The number of nitrogens with zero attached hydrogens (tertiary/aromatic N) is 2. The van der Waals surface area contributed by atoms with E-state index in [2.05, 4.69) is 5.10 Å². The Morgan fingerprint density at radius 2 is 1.95 bits per heavy atom. The molecule has 2 aromatic rings. The summed E-state index contributed by atoms with van der Waals surface area (Å²) in [5.41, 5.74) is 2.20. The highest BCUT2D eigenvalue weighted by molar-refractivity contribution is 6.02. The minimum atomic E-state index is -1.21. The predicted molar refractivity (Wildman–Crippen MR) is 72.1 cm³/mol. The number of aromatic carboxylic acids is 1. The highest BCUT2D eigenvalue weighted by Gasteiger charge is 2.20. The van der Waals surface area contributed by atoms with Crippen molar-refractivity contribution in [2.75, 3.05) is 14.2 Å². The summed E-state index contributed by atoms with van der Waals surface area (Å²) >= 11 is 0. The van der Waals surface area contributed by atoms with Crippen molar-refractivity contribution in [1.29, 1.82) is 0 Å². The number of carbonyl (C=O) groups is 2. The number of benzene rings is 1. The molecule has 0 spiro atoms. The van der Waals surface area contributed by atoms with Crippen LogP contribution in [0.1, 0.15) is 10.5 Å². The van der Waals surface area contributed by atoms with Gasteiger partial charge in [0.05, 0.1) is 19.7 Å². The lowest BCUT2D eigenvalue weighted by Crippen LogP contribution is -2.33. The van der Waals surface area contributed by atoms with Crippen LogP contribution in [0.15, 0.2) is 12.1 Å². The number of ether oxygens (including phenoxy) is 2. The Bertz CT molecular complexity index is 709. The Kier molecular flexibility index (Phi) is 3.94. The fraction of sp³-hybridized carbons (Fsp3) is 0.250. The number of aromatic nitrogens is 2. The van der Waals surface area contributed by atoms with Crippen molar-refractivity contribution in [2.24, 2.45) is 5.84 Å². The van der Waals surface area contributed by atoms with Crippen molar-refractivity contribution >= 4 is 22.8 Å². The molecule has 0 aliphatic rings. The van der Waals surface area contributed by atoms with E-state index in [0.29, 0.717) is 22.4 Å². The average molecular weight is 294 g/mol. The number of carbonyl (C=O) groups excluding carboxylic acids is 1. The molecule has 1 heterocycles. The number of carboxylic acids is 1. The molecule has 1 aromatic heterocycles. The number of amides is 1. The van der Waals surface area contributed by atoms with Crippen LogP contribution in [0.25, 0.3) is 10.9 Å². The van der Waals surface area contributed by atoms with Gasteiger partial charge >= 0.3 is 5.97 Å². The smallest absolute Gasteiger partial charge is 0.357 e. The van der Waals surface area contributed by atoms with Crippen LogP contribution in [0.2, 0.25) is 0 Å². The summed E-state index contributed by atoms with van der Waals surface area (Å²) in [6.45, 7) is -0.213. The van der Waals surface area contributed by atoms with Crippen LogP contribution in [-0.4, -0.2) is 41.0 Å². The zero-order valence-corrected chi connectivity index (χ0v) is 11.4. The number of rotatable bonds is 5. The van der Waals surface area contributed by atoms with E-state index in [0.717, 1.165) is 0 Å². The zero-order chi connectivity index (χ0) is 15.6. The zero-order valence-electron chi connectivity index (χ0n) is 11.4. The fourth-order valence-corrected chi connectivity index (χ4v) is 1.96. The van der Waals surface area contributed by atoms with E-state index in [4.69, 9.17) is 15.3 Å². The summed E-state index contributed by atoms with van der Waals surface area (Å²) in [5, 5.41) is 13.5. The third-order valence-corrected chi connectivity index (χ3v) is 2.91. The Morgan fingerprint density at radius 3 is 2.48 bits per heavy atom. The van der Waals surface area contributed by atoms with Crippen molar-refractivity contribution in [3.8, 4) is 11.5 Å². The molecular weight excluding hydrogens is 280 g/mol. The summed E-state index contributed by atoms with van der Waals surface area (Å²) in [7, 11) is 2.89. The molecular formula is C12H14N4O5. The summed E-state index contributed by atoms with van der Waals surface area (Å²) in [6, 6.07) is 3.05. The van der Waals surface area contributed by atoms with Gasteiger partial charge in [0.25, 0.3) is 5.91 Å². The molecule has 0 saturated carbocycles. The first-order valence-electron chi connectivity index (χ1n) is 5.87. The van der Waals surface area contributed by atoms with Crippen molar-refractivity contribution in [1.82, 2.24) is 15.2 Å². The monoisotopic (exact) mass is 294 g/mol. The van der Waals surface area contributed by atoms with Gasteiger partial charge < -0.3 is 14.6 Å². The molecule has 4 N–H and O–H groups in total. The van der Waals surface area contributed by atoms with Crippen LogP contribution < -0.4 is 20.7 Å². The summed E-state index contributed by atoms with van der Waals surface area (Å²) in [4.78, 5) is 22.6. The molecule has 21 heavy (non-hydrogen) atoms. The van der Waals surface area contributed by atoms with Crippen LogP contribution in [0.5, 0.6) is 11.5 Å². The number of nitrogens with one attached hydrogen (secondary N) is 1. The Labute approximate surface area is 119 Å². The van der Waals surface area contributed by atoms with Gasteiger partial charge in [0.15, 0.2) is 17.2 Å². The minimum Gasteiger partial charge on any atom is -0.493 e. The number of fused-ring (bicyclic) bond motifs is 1. The first kappa shape index (κ1) is 14.6. The van der Waals surface area contributed by atoms with Crippen LogP contribution in [0, 0.1) is 0 Å². The third-order valence-electron chi connectivity index (χ3n) is 2.91. The van der Waals surface area contributed by atoms with E-state index >= 15 is 0 Å². The van der Waals surface area contributed by atoms with Gasteiger partial charge in [-0.05, 0) is 6.07 Å². The number of carboxylic acid groups (broad SMARTS) is 1. The SMILES string of the molecule is COc1cc2c(C(=O)O)nn(CC(=O)NN)c2cc1OC.